The van der Waals surface area contributed by atoms with Gasteiger partial charge in [-0.15, -0.1) is 0 Å². The van der Waals surface area contributed by atoms with Gasteiger partial charge in [0.05, 0.1) is 17.1 Å². The van der Waals surface area contributed by atoms with Crippen molar-refractivity contribution in [3.8, 4) is 0 Å². The Labute approximate surface area is 113 Å². The zero-order valence-corrected chi connectivity index (χ0v) is 10.6. The molecule has 98 valence electrons. The standard InChI is InChI=1S/C12H9ClFN3O2/c1-7-2-3-8(4-10(7)14)15-12-6-9(17(18)19)5-11(13)16-12/h2-6H,1H3,(H,15,16). The summed E-state index contributed by atoms with van der Waals surface area (Å²) in [6.07, 6.45) is 0. The van der Waals surface area contributed by atoms with Crippen molar-refractivity contribution in [3.63, 3.8) is 0 Å². The fourth-order valence-corrected chi connectivity index (χ4v) is 1.67. The Bertz CT molecular complexity index is 649. The molecule has 0 radical (unpaired) electrons. The maximum Gasteiger partial charge on any atom is 0.276 e. The quantitative estimate of drug-likeness (QED) is 0.527. The van der Waals surface area contributed by atoms with E-state index in [0.717, 1.165) is 6.07 Å². The predicted molar refractivity (Wildman–Crippen MR) is 70.3 cm³/mol. The molecular weight excluding hydrogens is 273 g/mol. The number of nitrogens with one attached hydrogen (secondary N) is 1. The summed E-state index contributed by atoms with van der Waals surface area (Å²) >= 11 is 5.69. The summed E-state index contributed by atoms with van der Waals surface area (Å²) in [4.78, 5) is 14.0. The number of hydrogen-bond acceptors (Lipinski definition) is 4. The van der Waals surface area contributed by atoms with Crippen molar-refractivity contribution in [1.82, 2.24) is 4.98 Å². The molecule has 0 unspecified atom stereocenters. The molecule has 0 aliphatic carbocycles. The first-order chi connectivity index (χ1) is 8.95. The van der Waals surface area contributed by atoms with E-state index in [0.29, 0.717) is 11.3 Å². The number of rotatable bonds is 3. The largest absolute Gasteiger partial charge is 0.340 e. The Morgan fingerprint density at radius 3 is 2.74 bits per heavy atom. The number of aromatic nitrogens is 1. The first kappa shape index (κ1) is 13.2. The molecule has 0 spiro atoms. The van der Waals surface area contributed by atoms with Crippen molar-refractivity contribution in [3.05, 3.63) is 57.0 Å². The van der Waals surface area contributed by atoms with Gasteiger partial charge in [-0.05, 0) is 24.6 Å². The van der Waals surface area contributed by atoms with Gasteiger partial charge in [0.2, 0.25) is 0 Å². The lowest BCUT2D eigenvalue weighted by Crippen LogP contribution is -1.97. The fourth-order valence-electron chi connectivity index (χ4n) is 1.47. The van der Waals surface area contributed by atoms with Crippen LogP contribution in [0.2, 0.25) is 5.15 Å². The zero-order valence-electron chi connectivity index (χ0n) is 9.85. The van der Waals surface area contributed by atoms with Gasteiger partial charge < -0.3 is 5.32 Å². The van der Waals surface area contributed by atoms with E-state index < -0.39 is 4.92 Å². The lowest BCUT2D eigenvalue weighted by atomic mass is 10.2. The molecule has 0 fully saturated rings. The number of anilines is 2. The Balaban J connectivity index is 2.32. The van der Waals surface area contributed by atoms with E-state index in [1.807, 2.05) is 0 Å². The molecule has 0 saturated carbocycles. The van der Waals surface area contributed by atoms with E-state index in [2.05, 4.69) is 10.3 Å². The van der Waals surface area contributed by atoms with Crippen LogP contribution in [0.5, 0.6) is 0 Å². The number of halogens is 2. The minimum atomic E-state index is -0.575. The summed E-state index contributed by atoms with van der Waals surface area (Å²) < 4.78 is 13.4. The van der Waals surface area contributed by atoms with E-state index in [1.54, 1.807) is 19.1 Å². The summed E-state index contributed by atoms with van der Waals surface area (Å²) in [7, 11) is 0. The molecule has 1 N–H and O–H groups in total. The molecule has 2 aromatic rings. The van der Waals surface area contributed by atoms with Crippen LogP contribution >= 0.6 is 11.6 Å². The van der Waals surface area contributed by atoms with E-state index in [1.165, 1.54) is 12.1 Å². The minimum Gasteiger partial charge on any atom is -0.340 e. The molecule has 0 atom stereocenters. The average Bonchev–Trinajstić information content (AvgIpc) is 2.33. The number of benzene rings is 1. The van der Waals surface area contributed by atoms with Crippen LogP contribution in [0.25, 0.3) is 0 Å². The third-order valence-electron chi connectivity index (χ3n) is 2.43. The van der Waals surface area contributed by atoms with E-state index in [-0.39, 0.29) is 22.5 Å². The van der Waals surface area contributed by atoms with Gasteiger partial charge >= 0.3 is 0 Å². The zero-order chi connectivity index (χ0) is 14.0. The fraction of sp³-hybridized carbons (Fsp3) is 0.0833. The second-order valence-electron chi connectivity index (χ2n) is 3.88. The maximum absolute atomic E-state index is 13.4. The van der Waals surface area contributed by atoms with E-state index in [4.69, 9.17) is 11.6 Å². The first-order valence-corrected chi connectivity index (χ1v) is 5.68. The second kappa shape index (κ2) is 5.19. The van der Waals surface area contributed by atoms with Gasteiger partial charge in [0.15, 0.2) is 0 Å². The molecule has 0 aliphatic rings. The average molecular weight is 282 g/mol. The van der Waals surface area contributed by atoms with Crippen LogP contribution in [0, 0.1) is 22.9 Å². The SMILES string of the molecule is Cc1ccc(Nc2cc([N+](=O)[O-])cc(Cl)n2)cc1F. The van der Waals surface area contributed by atoms with Gasteiger partial charge in [0, 0.05) is 5.69 Å². The highest BCUT2D eigenvalue weighted by atomic mass is 35.5. The lowest BCUT2D eigenvalue weighted by molar-refractivity contribution is -0.384. The molecule has 2 rings (SSSR count). The van der Waals surface area contributed by atoms with Crippen LogP contribution in [0.4, 0.5) is 21.6 Å². The van der Waals surface area contributed by atoms with Crippen LogP contribution in [-0.4, -0.2) is 9.91 Å². The second-order valence-corrected chi connectivity index (χ2v) is 4.27. The molecule has 0 saturated heterocycles. The molecular formula is C12H9ClFN3O2. The van der Waals surface area contributed by atoms with Gasteiger partial charge in [-0.1, -0.05) is 17.7 Å². The number of aryl methyl sites for hydroxylation is 1. The molecule has 0 amide bonds. The van der Waals surface area contributed by atoms with Crippen LogP contribution < -0.4 is 5.32 Å². The third-order valence-corrected chi connectivity index (χ3v) is 2.63. The van der Waals surface area contributed by atoms with Gasteiger partial charge in [-0.3, -0.25) is 10.1 Å². The van der Waals surface area contributed by atoms with Gasteiger partial charge in [0.25, 0.3) is 5.69 Å². The van der Waals surface area contributed by atoms with Crippen molar-refractivity contribution >= 4 is 28.8 Å². The molecule has 0 bridgehead atoms. The Morgan fingerprint density at radius 2 is 2.11 bits per heavy atom. The van der Waals surface area contributed by atoms with E-state index in [9.17, 15) is 14.5 Å². The summed E-state index contributed by atoms with van der Waals surface area (Å²) in [6, 6.07) is 6.89. The Hall–Kier alpha value is -2.21. The molecule has 19 heavy (non-hydrogen) atoms. The molecule has 7 heteroatoms. The monoisotopic (exact) mass is 281 g/mol. The van der Waals surface area contributed by atoms with Crippen LogP contribution in [0.3, 0.4) is 0 Å². The predicted octanol–water partition coefficient (Wildman–Crippen LogP) is 3.83. The highest BCUT2D eigenvalue weighted by molar-refractivity contribution is 6.29. The Morgan fingerprint density at radius 1 is 1.37 bits per heavy atom. The number of nitro groups is 1. The summed E-state index contributed by atoms with van der Waals surface area (Å²) in [5.41, 5.74) is 0.762. The first-order valence-electron chi connectivity index (χ1n) is 5.31. The molecule has 1 heterocycles. The summed E-state index contributed by atoms with van der Waals surface area (Å²) in [6.45, 7) is 1.64. The van der Waals surface area contributed by atoms with Crippen LogP contribution in [0.15, 0.2) is 30.3 Å². The van der Waals surface area contributed by atoms with Crippen molar-refractivity contribution in [2.24, 2.45) is 0 Å². The van der Waals surface area contributed by atoms with Crippen molar-refractivity contribution in [2.45, 2.75) is 6.92 Å². The van der Waals surface area contributed by atoms with Crippen molar-refractivity contribution in [1.29, 1.82) is 0 Å². The maximum atomic E-state index is 13.4. The third kappa shape index (κ3) is 3.17. The van der Waals surface area contributed by atoms with Gasteiger partial charge in [-0.25, -0.2) is 9.37 Å². The topological polar surface area (TPSA) is 68.1 Å². The number of hydrogen-bond donors (Lipinski definition) is 1. The van der Waals surface area contributed by atoms with Crippen molar-refractivity contribution in [2.75, 3.05) is 5.32 Å². The molecule has 1 aromatic carbocycles. The summed E-state index contributed by atoms with van der Waals surface area (Å²) in [5, 5.41) is 13.4. The van der Waals surface area contributed by atoms with Gasteiger partial charge in [0.1, 0.15) is 16.8 Å². The highest BCUT2D eigenvalue weighted by Gasteiger charge is 2.10. The summed E-state index contributed by atoms with van der Waals surface area (Å²) in [5.74, 6) is -0.191. The van der Waals surface area contributed by atoms with E-state index >= 15 is 0 Å². The number of pyridine rings is 1. The van der Waals surface area contributed by atoms with Crippen molar-refractivity contribution < 1.29 is 9.31 Å². The molecule has 5 nitrogen and oxygen atoms in total. The Kier molecular flexibility index (Phi) is 3.62. The van der Waals surface area contributed by atoms with Crippen LogP contribution in [-0.2, 0) is 0 Å². The van der Waals surface area contributed by atoms with Crippen LogP contribution in [0.1, 0.15) is 5.56 Å². The number of nitrogens with zero attached hydrogens (tertiary/aromatic N) is 2. The molecule has 0 aliphatic heterocycles. The lowest BCUT2D eigenvalue weighted by Gasteiger charge is -2.07. The highest BCUT2D eigenvalue weighted by Crippen LogP contribution is 2.24. The smallest absolute Gasteiger partial charge is 0.276 e. The van der Waals surface area contributed by atoms with Gasteiger partial charge in [-0.2, -0.15) is 0 Å². The molecule has 1 aromatic heterocycles. The minimum absolute atomic E-state index is 0.00992. The normalized spacial score (nSPS) is 10.3.